The van der Waals surface area contributed by atoms with Gasteiger partial charge in [0.15, 0.2) is 9.79 Å². The Morgan fingerprint density at radius 2 is 1.65 bits per heavy atom. The normalized spacial score (nSPS) is 16.5. The fourth-order valence-corrected chi connectivity index (χ4v) is 5.56. The van der Waals surface area contributed by atoms with E-state index in [0.717, 1.165) is 55.7 Å². The molecule has 0 aliphatic carbocycles. The molecule has 4 rings (SSSR count). The van der Waals surface area contributed by atoms with Gasteiger partial charge in [0.1, 0.15) is 11.6 Å². The Labute approximate surface area is 211 Å². The summed E-state index contributed by atoms with van der Waals surface area (Å²) in [6.07, 6.45) is -4.37. The fraction of sp³-hybridized carbons (Fsp3) is 0.154. The van der Waals surface area contributed by atoms with Crippen molar-refractivity contribution < 1.29 is 46.3 Å². The summed E-state index contributed by atoms with van der Waals surface area (Å²) in [5, 5.41) is 10.7. The summed E-state index contributed by atoms with van der Waals surface area (Å²) in [6, 6.07) is 11.1. The standard InChI is InChI=1S/C26H18F4O6S/c1-35-24(33)14-10-18(23(32)25(36-2,26(28,29)30)15-6-4-3-5-7-15)17-13-20(31)19-12-16(27)8-9-21(19)37(34)22(17)11-14/h3-13,31H,1-2H3. The summed E-state index contributed by atoms with van der Waals surface area (Å²) < 4.78 is 80.9. The van der Waals surface area contributed by atoms with Gasteiger partial charge >= 0.3 is 12.1 Å². The molecule has 0 radical (unpaired) electrons. The summed E-state index contributed by atoms with van der Waals surface area (Å²) in [6.45, 7) is 0. The third-order valence-corrected chi connectivity index (χ3v) is 7.40. The molecule has 0 saturated heterocycles. The number of rotatable bonds is 5. The van der Waals surface area contributed by atoms with Crippen LogP contribution in [0.25, 0.3) is 11.8 Å². The van der Waals surface area contributed by atoms with Crippen molar-refractivity contribution in [3.63, 3.8) is 0 Å². The first kappa shape index (κ1) is 26.4. The second-order valence-electron chi connectivity index (χ2n) is 7.94. The maximum Gasteiger partial charge on any atom is 0.429 e. The van der Waals surface area contributed by atoms with E-state index in [4.69, 9.17) is 4.74 Å². The number of carbonyl (C=O) groups is 2. The maximum absolute atomic E-state index is 14.6. The number of hydrogen-bond acceptors (Lipinski definition) is 6. The zero-order chi connectivity index (χ0) is 27.1. The van der Waals surface area contributed by atoms with Crippen LogP contribution in [-0.2, 0) is 26.3 Å². The first-order valence-corrected chi connectivity index (χ1v) is 11.7. The number of ether oxygens (including phenoxy) is 2. The summed E-state index contributed by atoms with van der Waals surface area (Å²) >= 11 is -2.25. The number of aliphatic hydroxyl groups excluding tert-OH is 1. The lowest BCUT2D eigenvalue weighted by atomic mass is 9.82. The first-order chi connectivity index (χ1) is 17.5. The van der Waals surface area contributed by atoms with Gasteiger partial charge in [0, 0.05) is 41.0 Å². The predicted octanol–water partition coefficient (Wildman–Crippen LogP) is 5.44. The third-order valence-electron chi connectivity index (χ3n) is 5.91. The highest BCUT2D eigenvalue weighted by Gasteiger charge is 2.63. The summed E-state index contributed by atoms with van der Waals surface area (Å²) in [5.74, 6) is -4.06. The van der Waals surface area contributed by atoms with Crippen LogP contribution < -0.4 is 0 Å². The molecular weight excluding hydrogens is 516 g/mol. The van der Waals surface area contributed by atoms with E-state index in [-0.39, 0.29) is 26.5 Å². The van der Waals surface area contributed by atoms with Crippen LogP contribution in [0.5, 0.6) is 0 Å². The van der Waals surface area contributed by atoms with Gasteiger partial charge in [-0.2, -0.15) is 13.2 Å². The molecule has 0 bridgehead atoms. The molecule has 0 amide bonds. The van der Waals surface area contributed by atoms with Gasteiger partial charge in [-0.3, -0.25) is 4.79 Å². The topological polar surface area (TPSA) is 95.9 Å². The molecule has 2 unspecified atom stereocenters. The second-order valence-corrected chi connectivity index (χ2v) is 9.36. The molecule has 11 heteroatoms. The molecule has 1 N–H and O–H groups in total. The number of esters is 1. The maximum atomic E-state index is 14.6. The van der Waals surface area contributed by atoms with Crippen LogP contribution in [0.1, 0.15) is 37.4 Å². The Balaban J connectivity index is 2.08. The van der Waals surface area contributed by atoms with Gasteiger partial charge in [-0.15, -0.1) is 0 Å². The van der Waals surface area contributed by atoms with E-state index in [0.29, 0.717) is 7.11 Å². The Kier molecular flexibility index (Phi) is 6.89. The number of aliphatic hydroxyl groups is 1. The van der Waals surface area contributed by atoms with Crippen LogP contribution in [0.3, 0.4) is 0 Å². The zero-order valence-electron chi connectivity index (χ0n) is 19.3. The molecule has 0 fully saturated rings. The largest absolute Gasteiger partial charge is 0.606 e. The van der Waals surface area contributed by atoms with Crippen LogP contribution in [-0.4, -0.2) is 41.8 Å². The average Bonchev–Trinajstić information content (AvgIpc) is 2.97. The monoisotopic (exact) mass is 534 g/mol. The minimum Gasteiger partial charge on any atom is -0.606 e. The second kappa shape index (κ2) is 9.66. The van der Waals surface area contributed by atoms with Crippen LogP contribution in [0, 0.1) is 5.82 Å². The van der Waals surface area contributed by atoms with Crippen molar-refractivity contribution in [2.75, 3.05) is 14.2 Å². The lowest BCUT2D eigenvalue weighted by molar-refractivity contribution is -0.252. The SMILES string of the molecule is COC(=O)c1cc(C(=O)C(OC)(c2ccccc2)C(F)(F)F)c2c(c1)[S+]([O-])c1ccc(F)cc1C(O)=C2. The molecule has 6 nitrogen and oxygen atoms in total. The van der Waals surface area contributed by atoms with E-state index in [2.05, 4.69) is 4.74 Å². The van der Waals surface area contributed by atoms with Crippen molar-refractivity contribution in [1.82, 2.24) is 0 Å². The van der Waals surface area contributed by atoms with Crippen molar-refractivity contribution in [1.29, 1.82) is 0 Å². The Morgan fingerprint density at radius 3 is 2.24 bits per heavy atom. The van der Waals surface area contributed by atoms with E-state index in [1.807, 2.05) is 0 Å². The highest BCUT2D eigenvalue weighted by molar-refractivity contribution is 7.91. The number of methoxy groups -OCH3 is 2. The molecule has 3 aromatic carbocycles. The fourth-order valence-electron chi connectivity index (χ4n) is 4.16. The Hall–Kier alpha value is -3.67. The molecule has 3 aromatic rings. The lowest BCUT2D eigenvalue weighted by Crippen LogP contribution is -2.51. The van der Waals surface area contributed by atoms with Crippen LogP contribution in [0.2, 0.25) is 0 Å². The van der Waals surface area contributed by atoms with Gasteiger partial charge in [0.05, 0.1) is 18.2 Å². The van der Waals surface area contributed by atoms with Crippen molar-refractivity contribution in [2.24, 2.45) is 0 Å². The molecule has 1 heterocycles. The number of Topliss-reactive ketones (excluding diaryl/α,β-unsaturated/α-hetero) is 1. The number of benzene rings is 3. The van der Waals surface area contributed by atoms with E-state index in [1.54, 1.807) is 0 Å². The van der Waals surface area contributed by atoms with E-state index < -0.39 is 57.4 Å². The summed E-state index contributed by atoms with van der Waals surface area (Å²) in [5.41, 5.74) is -5.69. The minimum atomic E-state index is -5.28. The van der Waals surface area contributed by atoms with Gasteiger partial charge in [-0.1, -0.05) is 30.3 Å². The number of fused-ring (bicyclic) bond motifs is 2. The van der Waals surface area contributed by atoms with Gasteiger partial charge in [0.25, 0.3) is 5.60 Å². The number of ketones is 1. The molecule has 37 heavy (non-hydrogen) atoms. The van der Waals surface area contributed by atoms with E-state index in [1.165, 1.54) is 18.2 Å². The van der Waals surface area contributed by atoms with Crippen molar-refractivity contribution >= 4 is 34.8 Å². The van der Waals surface area contributed by atoms with Gasteiger partial charge in [-0.25, -0.2) is 9.18 Å². The average molecular weight is 534 g/mol. The summed E-state index contributed by atoms with van der Waals surface area (Å²) in [4.78, 5) is 25.9. The van der Waals surface area contributed by atoms with E-state index in [9.17, 15) is 36.8 Å². The highest BCUT2D eigenvalue weighted by atomic mass is 32.2. The van der Waals surface area contributed by atoms with Gasteiger partial charge < -0.3 is 19.1 Å². The van der Waals surface area contributed by atoms with E-state index >= 15 is 0 Å². The molecule has 192 valence electrons. The molecule has 1 aliphatic rings. The Morgan fingerprint density at radius 1 is 0.973 bits per heavy atom. The quantitative estimate of drug-likeness (QED) is 0.203. The molecule has 2 atom stereocenters. The Bertz CT molecular complexity index is 1420. The lowest BCUT2D eigenvalue weighted by Gasteiger charge is -2.34. The van der Waals surface area contributed by atoms with Crippen LogP contribution >= 0.6 is 0 Å². The zero-order valence-corrected chi connectivity index (χ0v) is 20.1. The molecule has 1 aliphatic heterocycles. The third kappa shape index (κ3) is 4.28. The molecule has 0 saturated carbocycles. The predicted molar refractivity (Wildman–Crippen MR) is 125 cm³/mol. The van der Waals surface area contributed by atoms with Crippen molar-refractivity contribution in [3.8, 4) is 0 Å². The smallest absolute Gasteiger partial charge is 0.429 e. The highest BCUT2D eigenvalue weighted by Crippen LogP contribution is 2.46. The number of hydrogen-bond donors (Lipinski definition) is 1. The molecule has 0 spiro atoms. The summed E-state index contributed by atoms with van der Waals surface area (Å²) in [7, 11) is 1.74. The first-order valence-electron chi connectivity index (χ1n) is 10.6. The van der Waals surface area contributed by atoms with Crippen LogP contribution in [0.4, 0.5) is 17.6 Å². The molecular formula is C26H18F4O6S. The van der Waals surface area contributed by atoms with Gasteiger partial charge in [-0.05, 0) is 30.3 Å². The van der Waals surface area contributed by atoms with Crippen molar-refractivity contribution in [2.45, 2.75) is 21.6 Å². The number of alkyl halides is 3. The van der Waals surface area contributed by atoms with Crippen molar-refractivity contribution in [3.05, 3.63) is 94.3 Å². The number of carbonyl (C=O) groups excluding carboxylic acids is 2. The molecule has 0 aromatic heterocycles. The number of halogens is 4. The minimum absolute atomic E-state index is 0.0776. The van der Waals surface area contributed by atoms with Crippen LogP contribution in [0.15, 0.2) is 70.5 Å². The van der Waals surface area contributed by atoms with Gasteiger partial charge in [0.2, 0.25) is 5.78 Å².